The topological polar surface area (TPSA) is 112 Å². The van der Waals surface area contributed by atoms with Crippen LogP contribution in [-0.4, -0.2) is 45.6 Å². The predicted octanol–water partition coefficient (Wildman–Crippen LogP) is 3.15. The molecule has 0 aromatic carbocycles. The highest BCUT2D eigenvalue weighted by Crippen LogP contribution is 2.25. The maximum Gasteiger partial charge on any atom is 0.249 e. The van der Waals surface area contributed by atoms with Crippen LogP contribution in [0.3, 0.4) is 0 Å². The molecule has 0 radical (unpaired) electrons. The zero-order chi connectivity index (χ0) is 22.1. The molecule has 0 aliphatic carbocycles. The van der Waals surface area contributed by atoms with Gasteiger partial charge in [-0.25, -0.2) is 10.0 Å². The van der Waals surface area contributed by atoms with Crippen molar-refractivity contribution >= 4 is 34.7 Å². The molecule has 1 aromatic rings. The smallest absolute Gasteiger partial charge is 0.249 e. The van der Waals surface area contributed by atoms with Crippen molar-refractivity contribution < 1.29 is 19.6 Å². The summed E-state index contributed by atoms with van der Waals surface area (Å²) in [7, 11) is 0. The SMILES string of the molecule is CCC(C)C(NC(=O)C(CC(C)C)C(C(C)C)N(O)C=O)C(=O)Nc1nccs1. The highest BCUT2D eigenvalue weighted by Gasteiger charge is 2.37. The molecule has 29 heavy (non-hydrogen) atoms. The number of nitrogens with one attached hydrogen (secondary N) is 2. The van der Waals surface area contributed by atoms with Gasteiger partial charge < -0.3 is 10.6 Å². The fourth-order valence-electron chi connectivity index (χ4n) is 3.36. The molecular weight excluding hydrogens is 392 g/mol. The van der Waals surface area contributed by atoms with Gasteiger partial charge in [0.05, 0.1) is 12.0 Å². The van der Waals surface area contributed by atoms with E-state index in [9.17, 15) is 19.6 Å². The van der Waals surface area contributed by atoms with Gasteiger partial charge in [-0.15, -0.1) is 11.3 Å². The van der Waals surface area contributed by atoms with E-state index in [1.165, 1.54) is 11.3 Å². The number of carbonyl (C=O) groups excluding carboxylic acids is 3. The summed E-state index contributed by atoms with van der Waals surface area (Å²) >= 11 is 1.30. The van der Waals surface area contributed by atoms with Gasteiger partial charge in [-0.2, -0.15) is 0 Å². The molecule has 1 rings (SSSR count). The van der Waals surface area contributed by atoms with Crippen molar-refractivity contribution in [3.8, 4) is 0 Å². The van der Waals surface area contributed by atoms with Crippen LogP contribution in [0.5, 0.6) is 0 Å². The molecule has 1 heterocycles. The number of amides is 3. The number of anilines is 1. The first-order chi connectivity index (χ1) is 13.6. The van der Waals surface area contributed by atoms with E-state index in [-0.39, 0.29) is 29.6 Å². The zero-order valence-electron chi connectivity index (χ0n) is 18.1. The Morgan fingerprint density at radius 1 is 1.24 bits per heavy atom. The molecule has 0 spiro atoms. The fraction of sp³-hybridized carbons (Fsp3) is 0.700. The first-order valence-corrected chi connectivity index (χ1v) is 10.9. The lowest BCUT2D eigenvalue weighted by Gasteiger charge is -2.35. The molecule has 9 heteroatoms. The van der Waals surface area contributed by atoms with Crippen molar-refractivity contribution in [2.45, 2.75) is 66.5 Å². The second-order valence-corrected chi connectivity index (χ2v) is 9.05. The van der Waals surface area contributed by atoms with Crippen LogP contribution in [-0.2, 0) is 14.4 Å². The Bertz CT molecular complexity index is 651. The number of carbonyl (C=O) groups is 3. The molecule has 4 unspecified atom stereocenters. The molecule has 1 aromatic heterocycles. The van der Waals surface area contributed by atoms with Gasteiger partial charge in [0, 0.05) is 11.6 Å². The molecule has 0 aliphatic heterocycles. The average Bonchev–Trinajstić information content (AvgIpc) is 3.16. The minimum atomic E-state index is -0.748. The van der Waals surface area contributed by atoms with E-state index in [2.05, 4.69) is 15.6 Å². The molecule has 8 nitrogen and oxygen atoms in total. The number of rotatable bonds is 12. The standard InChI is InChI=1S/C20H34N4O4S/c1-7-14(6)16(19(27)23-20-21-8-9-29-20)22-18(26)15(10-12(2)3)17(13(4)5)24(28)11-25/h8-9,11-17,28H,7,10H2,1-6H3,(H,22,26)(H,21,23,27). The quantitative estimate of drug-likeness (QED) is 0.270. The Hall–Kier alpha value is -2.00. The van der Waals surface area contributed by atoms with Gasteiger partial charge in [0.1, 0.15) is 6.04 Å². The largest absolute Gasteiger partial charge is 0.344 e. The van der Waals surface area contributed by atoms with Crippen LogP contribution in [0.25, 0.3) is 0 Å². The molecule has 0 saturated carbocycles. The summed E-state index contributed by atoms with van der Waals surface area (Å²) in [5, 5.41) is 18.5. The maximum atomic E-state index is 13.2. The first-order valence-electron chi connectivity index (χ1n) is 10.0. The summed E-state index contributed by atoms with van der Waals surface area (Å²) in [4.78, 5) is 41.3. The molecule has 164 valence electrons. The molecule has 3 N–H and O–H groups in total. The molecule has 3 amide bonds. The second-order valence-electron chi connectivity index (χ2n) is 8.15. The first kappa shape index (κ1) is 25.0. The van der Waals surface area contributed by atoms with Crippen LogP contribution in [0.1, 0.15) is 54.4 Å². The lowest BCUT2D eigenvalue weighted by atomic mass is 9.83. The number of aromatic nitrogens is 1. The minimum absolute atomic E-state index is 0.104. The highest BCUT2D eigenvalue weighted by molar-refractivity contribution is 7.13. The van der Waals surface area contributed by atoms with Crippen molar-refractivity contribution in [1.82, 2.24) is 15.4 Å². The van der Waals surface area contributed by atoms with Crippen LogP contribution in [0, 0.1) is 23.7 Å². The Kier molecular flexibility index (Phi) is 10.2. The second kappa shape index (κ2) is 11.9. The number of hydrogen-bond donors (Lipinski definition) is 3. The number of hydroxylamine groups is 2. The Labute approximate surface area is 177 Å². The summed E-state index contributed by atoms with van der Waals surface area (Å²) in [5.74, 6) is -1.41. The summed E-state index contributed by atoms with van der Waals surface area (Å²) in [6.07, 6.45) is 3.09. The Morgan fingerprint density at radius 2 is 1.90 bits per heavy atom. The van der Waals surface area contributed by atoms with Crippen LogP contribution < -0.4 is 10.6 Å². The number of thiazole rings is 1. The fourth-order valence-corrected chi connectivity index (χ4v) is 3.90. The van der Waals surface area contributed by atoms with Gasteiger partial charge in [0.2, 0.25) is 18.2 Å². The Balaban J connectivity index is 3.09. The van der Waals surface area contributed by atoms with Crippen molar-refractivity contribution in [2.75, 3.05) is 5.32 Å². The summed E-state index contributed by atoms with van der Waals surface area (Å²) in [6, 6.07) is -1.43. The normalized spacial score (nSPS) is 15.5. The summed E-state index contributed by atoms with van der Waals surface area (Å²) in [6.45, 7) is 11.5. The van der Waals surface area contributed by atoms with E-state index in [1.54, 1.807) is 11.6 Å². The molecule has 0 aliphatic rings. The minimum Gasteiger partial charge on any atom is -0.344 e. The van der Waals surface area contributed by atoms with E-state index in [4.69, 9.17) is 0 Å². The highest BCUT2D eigenvalue weighted by atomic mass is 32.1. The number of hydrogen-bond acceptors (Lipinski definition) is 6. The maximum absolute atomic E-state index is 13.2. The molecule has 0 saturated heterocycles. The van der Waals surface area contributed by atoms with Crippen LogP contribution in [0.2, 0.25) is 0 Å². The third-order valence-corrected chi connectivity index (χ3v) is 5.72. The molecule has 0 bridgehead atoms. The lowest BCUT2D eigenvalue weighted by Crippen LogP contribution is -2.54. The van der Waals surface area contributed by atoms with E-state index in [0.717, 1.165) is 0 Å². The van der Waals surface area contributed by atoms with Gasteiger partial charge in [-0.05, 0) is 24.2 Å². The molecular formula is C20H34N4O4S. The van der Waals surface area contributed by atoms with Crippen molar-refractivity contribution in [2.24, 2.45) is 23.7 Å². The van der Waals surface area contributed by atoms with Gasteiger partial charge in [0.25, 0.3) is 0 Å². The Morgan fingerprint density at radius 3 is 2.34 bits per heavy atom. The average molecular weight is 427 g/mol. The van der Waals surface area contributed by atoms with Crippen molar-refractivity contribution in [3.63, 3.8) is 0 Å². The monoisotopic (exact) mass is 426 g/mol. The summed E-state index contributed by atoms with van der Waals surface area (Å²) < 4.78 is 0. The lowest BCUT2D eigenvalue weighted by molar-refractivity contribution is -0.174. The van der Waals surface area contributed by atoms with Crippen LogP contribution in [0.4, 0.5) is 5.13 Å². The number of nitrogens with zero attached hydrogens (tertiary/aromatic N) is 2. The van der Waals surface area contributed by atoms with Crippen molar-refractivity contribution in [1.29, 1.82) is 0 Å². The van der Waals surface area contributed by atoms with E-state index in [0.29, 0.717) is 29.4 Å². The van der Waals surface area contributed by atoms with Gasteiger partial charge in [-0.3, -0.25) is 19.6 Å². The zero-order valence-corrected chi connectivity index (χ0v) is 18.9. The van der Waals surface area contributed by atoms with E-state index in [1.807, 2.05) is 41.5 Å². The van der Waals surface area contributed by atoms with E-state index >= 15 is 0 Å². The van der Waals surface area contributed by atoms with Crippen LogP contribution >= 0.6 is 11.3 Å². The van der Waals surface area contributed by atoms with Crippen molar-refractivity contribution in [3.05, 3.63) is 11.6 Å². The van der Waals surface area contributed by atoms with Gasteiger partial charge in [-0.1, -0.05) is 48.0 Å². The predicted molar refractivity (Wildman–Crippen MR) is 113 cm³/mol. The van der Waals surface area contributed by atoms with Crippen LogP contribution in [0.15, 0.2) is 11.6 Å². The summed E-state index contributed by atoms with van der Waals surface area (Å²) in [5.41, 5.74) is 0. The molecule has 4 atom stereocenters. The van der Waals surface area contributed by atoms with Gasteiger partial charge in [0.15, 0.2) is 5.13 Å². The van der Waals surface area contributed by atoms with Gasteiger partial charge >= 0.3 is 0 Å². The van der Waals surface area contributed by atoms with E-state index < -0.39 is 18.0 Å². The molecule has 0 fully saturated rings. The third-order valence-electron chi connectivity index (χ3n) is 5.03. The third kappa shape index (κ3) is 7.40.